The lowest BCUT2D eigenvalue weighted by molar-refractivity contribution is -0.150. The molecule has 330 valence electrons. The molecule has 0 aromatic rings. The van der Waals surface area contributed by atoms with Crippen molar-refractivity contribution in [2.75, 3.05) is 19.7 Å². The van der Waals surface area contributed by atoms with Gasteiger partial charge in [-0.1, -0.05) is 162 Å². The number of carboxylic acid groups (broad SMARTS) is 1. The molecule has 56 heavy (non-hydrogen) atoms. The van der Waals surface area contributed by atoms with Crippen LogP contribution in [0.5, 0.6) is 0 Å². The van der Waals surface area contributed by atoms with Crippen molar-refractivity contribution in [3.63, 3.8) is 0 Å². The summed E-state index contributed by atoms with van der Waals surface area (Å²) in [5.74, 6) is -0.894. The fourth-order valence-electron chi connectivity index (χ4n) is 7.41. The average Bonchev–Trinajstić information content (AvgIpc) is 3.18. The number of unbranched alkanes of at least 4 members (excludes halogenated alkanes) is 25. The third-order valence-electron chi connectivity index (χ3n) is 11.1. The zero-order chi connectivity index (χ0) is 41.2. The molecule has 1 N–H and O–H groups in total. The molecule has 0 fully saturated rings. The largest absolute Gasteiger partial charge is 0.481 e. The summed E-state index contributed by atoms with van der Waals surface area (Å²) in [5, 5.41) is 8.96. The lowest BCUT2D eigenvalue weighted by atomic mass is 10.0. The number of carbonyl (C=O) groups excluding carboxylic acids is 3. The van der Waals surface area contributed by atoms with E-state index in [1.807, 2.05) is 4.90 Å². The van der Waals surface area contributed by atoms with Gasteiger partial charge in [-0.05, 0) is 70.6 Å². The van der Waals surface area contributed by atoms with Gasteiger partial charge in [0.25, 0.3) is 0 Å². The van der Waals surface area contributed by atoms with E-state index in [9.17, 15) is 19.2 Å². The van der Waals surface area contributed by atoms with Crippen LogP contribution in [0.2, 0.25) is 0 Å². The first-order valence-electron chi connectivity index (χ1n) is 24.2. The van der Waals surface area contributed by atoms with Gasteiger partial charge in [0.1, 0.15) is 6.10 Å². The van der Waals surface area contributed by atoms with Gasteiger partial charge in [0.15, 0.2) is 0 Å². The lowest BCUT2D eigenvalue weighted by Gasteiger charge is -2.23. The zero-order valence-corrected chi connectivity index (χ0v) is 37.2. The van der Waals surface area contributed by atoms with Crippen molar-refractivity contribution < 1.29 is 33.8 Å². The van der Waals surface area contributed by atoms with Crippen molar-refractivity contribution >= 4 is 23.8 Å². The van der Waals surface area contributed by atoms with Gasteiger partial charge in [0, 0.05) is 38.8 Å². The normalized spacial score (nSPS) is 11.3. The molecule has 0 radical (unpaired) electrons. The van der Waals surface area contributed by atoms with Crippen LogP contribution in [0.25, 0.3) is 0 Å². The first-order chi connectivity index (χ1) is 27.3. The molecule has 0 aliphatic heterocycles. The lowest BCUT2D eigenvalue weighted by Crippen LogP contribution is -2.32. The summed E-state index contributed by atoms with van der Waals surface area (Å²) < 4.78 is 11.5. The molecule has 0 saturated carbocycles. The van der Waals surface area contributed by atoms with Gasteiger partial charge in [-0.15, -0.1) is 0 Å². The Morgan fingerprint density at radius 1 is 0.429 bits per heavy atom. The van der Waals surface area contributed by atoms with Crippen LogP contribution in [0.4, 0.5) is 0 Å². The maximum absolute atomic E-state index is 13.1. The summed E-state index contributed by atoms with van der Waals surface area (Å²) >= 11 is 0. The van der Waals surface area contributed by atoms with E-state index >= 15 is 0 Å². The van der Waals surface area contributed by atoms with E-state index in [1.165, 1.54) is 109 Å². The Morgan fingerprint density at radius 2 is 0.804 bits per heavy atom. The second kappa shape index (κ2) is 42.5. The molecule has 0 rings (SSSR count). The second-order valence-corrected chi connectivity index (χ2v) is 16.6. The van der Waals surface area contributed by atoms with Crippen molar-refractivity contribution in [3.05, 3.63) is 0 Å². The molecule has 0 aromatic heterocycles. The number of carbonyl (C=O) groups is 4. The van der Waals surface area contributed by atoms with Gasteiger partial charge < -0.3 is 19.5 Å². The molecule has 0 aromatic carbocycles. The average molecular weight is 794 g/mol. The van der Waals surface area contributed by atoms with Gasteiger partial charge in [-0.25, -0.2) is 0 Å². The maximum Gasteiger partial charge on any atom is 0.306 e. The minimum Gasteiger partial charge on any atom is -0.481 e. The highest BCUT2D eigenvalue weighted by Crippen LogP contribution is 2.19. The van der Waals surface area contributed by atoms with Crippen molar-refractivity contribution in [2.24, 2.45) is 0 Å². The number of ether oxygens (including phenoxy) is 2. The van der Waals surface area contributed by atoms with Crippen molar-refractivity contribution in [3.8, 4) is 0 Å². The monoisotopic (exact) mass is 794 g/mol. The van der Waals surface area contributed by atoms with Gasteiger partial charge in [0.05, 0.1) is 6.61 Å². The summed E-state index contributed by atoms with van der Waals surface area (Å²) in [6.45, 7) is 8.61. The van der Waals surface area contributed by atoms with Crippen LogP contribution in [-0.2, 0) is 28.7 Å². The molecule has 0 unspecified atom stereocenters. The SMILES string of the molecule is CCCCCCCCCCCOC(=O)CCCCCN(CCCCCCCC(=O)OC(CCCCCCCC)CCCCCCCC)C(=O)CCCCC(=O)O. The molecule has 1 amide bonds. The fraction of sp³-hybridized carbons (Fsp3) is 0.917. The van der Waals surface area contributed by atoms with E-state index in [2.05, 4.69) is 20.8 Å². The van der Waals surface area contributed by atoms with Crippen LogP contribution in [0, 0.1) is 0 Å². The minimum absolute atomic E-state index is 0.0429. The summed E-state index contributed by atoms with van der Waals surface area (Å²) in [6.07, 6.45) is 38.0. The Hall–Kier alpha value is -2.12. The Balaban J connectivity index is 4.42. The summed E-state index contributed by atoms with van der Waals surface area (Å²) in [6, 6.07) is 0. The minimum atomic E-state index is -0.824. The number of hydrogen-bond donors (Lipinski definition) is 1. The van der Waals surface area contributed by atoms with Gasteiger partial charge >= 0.3 is 17.9 Å². The zero-order valence-electron chi connectivity index (χ0n) is 37.2. The molecule has 0 aliphatic rings. The third-order valence-corrected chi connectivity index (χ3v) is 11.1. The van der Waals surface area contributed by atoms with Crippen LogP contribution in [0.1, 0.15) is 258 Å². The predicted octanol–water partition coefficient (Wildman–Crippen LogP) is 13.8. The summed E-state index contributed by atoms with van der Waals surface area (Å²) in [5.41, 5.74) is 0. The van der Waals surface area contributed by atoms with E-state index in [0.717, 1.165) is 89.9 Å². The summed E-state index contributed by atoms with van der Waals surface area (Å²) in [4.78, 5) is 50.9. The number of amides is 1. The first kappa shape index (κ1) is 53.9. The van der Waals surface area contributed by atoms with E-state index in [4.69, 9.17) is 14.6 Å². The van der Waals surface area contributed by atoms with Crippen LogP contribution in [0.3, 0.4) is 0 Å². The van der Waals surface area contributed by atoms with E-state index in [0.29, 0.717) is 51.8 Å². The van der Waals surface area contributed by atoms with E-state index < -0.39 is 5.97 Å². The highest BCUT2D eigenvalue weighted by Gasteiger charge is 2.16. The first-order valence-corrected chi connectivity index (χ1v) is 24.2. The molecular weight excluding hydrogens is 703 g/mol. The smallest absolute Gasteiger partial charge is 0.306 e. The highest BCUT2D eigenvalue weighted by molar-refractivity contribution is 5.76. The Bertz CT molecular complexity index is 894. The van der Waals surface area contributed by atoms with Crippen molar-refractivity contribution in [2.45, 2.75) is 264 Å². The molecule has 0 heterocycles. The van der Waals surface area contributed by atoms with Crippen LogP contribution < -0.4 is 0 Å². The van der Waals surface area contributed by atoms with Crippen molar-refractivity contribution in [1.29, 1.82) is 0 Å². The number of hydrogen-bond acceptors (Lipinski definition) is 6. The number of rotatable bonds is 44. The molecule has 0 saturated heterocycles. The van der Waals surface area contributed by atoms with Gasteiger partial charge in [-0.2, -0.15) is 0 Å². The number of esters is 2. The van der Waals surface area contributed by atoms with E-state index in [-0.39, 0.29) is 30.4 Å². The van der Waals surface area contributed by atoms with Gasteiger partial charge in [-0.3, -0.25) is 19.2 Å². The van der Waals surface area contributed by atoms with Gasteiger partial charge in [0.2, 0.25) is 5.91 Å². The van der Waals surface area contributed by atoms with Crippen molar-refractivity contribution in [1.82, 2.24) is 4.90 Å². The fourth-order valence-corrected chi connectivity index (χ4v) is 7.41. The van der Waals surface area contributed by atoms with Crippen LogP contribution >= 0.6 is 0 Å². The molecule has 8 heteroatoms. The number of carboxylic acids is 1. The summed E-state index contributed by atoms with van der Waals surface area (Å²) in [7, 11) is 0. The van der Waals surface area contributed by atoms with Crippen LogP contribution in [0.15, 0.2) is 0 Å². The quantitative estimate of drug-likeness (QED) is 0.0483. The highest BCUT2D eigenvalue weighted by atomic mass is 16.5. The predicted molar refractivity (Wildman–Crippen MR) is 233 cm³/mol. The number of aliphatic carboxylic acids is 1. The van der Waals surface area contributed by atoms with Crippen LogP contribution in [-0.4, -0.2) is 59.6 Å². The molecular formula is C48H91NO7. The Labute approximate surface area is 345 Å². The Kier molecular flexibility index (Phi) is 40.9. The standard InChI is InChI=1S/C48H91NO7/c1-4-7-10-13-16-17-18-24-34-43-55-47(53)39-29-25-33-42-49(45(50)37-30-31-38-46(51)52)41-32-23-19-22-28-40-48(54)56-44(35-26-20-14-11-8-5-2)36-27-21-15-12-9-6-3/h44H,4-43H2,1-3H3,(H,51,52). The van der Waals surface area contributed by atoms with E-state index in [1.54, 1.807) is 0 Å². The third kappa shape index (κ3) is 38.7. The molecule has 0 spiro atoms. The number of nitrogens with zero attached hydrogens (tertiary/aromatic N) is 1. The molecule has 8 nitrogen and oxygen atoms in total. The molecule has 0 atom stereocenters. The molecule has 0 aliphatic carbocycles. The topological polar surface area (TPSA) is 110 Å². The second-order valence-electron chi connectivity index (χ2n) is 16.6. The maximum atomic E-state index is 13.1. The molecule has 0 bridgehead atoms. The Morgan fingerprint density at radius 3 is 1.30 bits per heavy atom.